The predicted octanol–water partition coefficient (Wildman–Crippen LogP) is 3.06. The van der Waals surface area contributed by atoms with E-state index in [1.807, 2.05) is 6.07 Å². The monoisotopic (exact) mass is 345 g/mol. The lowest BCUT2D eigenvalue weighted by atomic mass is 10.1. The van der Waals surface area contributed by atoms with E-state index >= 15 is 0 Å². The van der Waals surface area contributed by atoms with Gasteiger partial charge in [0.2, 0.25) is 0 Å². The van der Waals surface area contributed by atoms with Gasteiger partial charge in [0.1, 0.15) is 5.82 Å². The molecule has 1 saturated carbocycles. The molecule has 0 aromatic carbocycles. The second-order valence-corrected chi connectivity index (χ2v) is 5.74. The molecule has 8 heteroatoms. The third-order valence-corrected chi connectivity index (χ3v) is 3.92. The molecule has 7 nitrogen and oxygen atoms in total. The molecule has 3 aromatic heterocycles. The van der Waals surface area contributed by atoms with E-state index in [1.165, 1.54) is 6.20 Å². The van der Waals surface area contributed by atoms with Crippen molar-refractivity contribution in [1.82, 2.24) is 15.1 Å². The van der Waals surface area contributed by atoms with Gasteiger partial charge in [-0.05, 0) is 38.0 Å². The molecule has 0 bridgehead atoms. The van der Waals surface area contributed by atoms with Crippen molar-refractivity contribution < 1.29 is 9.32 Å². The van der Waals surface area contributed by atoms with Crippen LogP contribution < -0.4 is 11.1 Å². The lowest BCUT2D eigenvalue weighted by Gasteiger charge is -2.07. The van der Waals surface area contributed by atoms with E-state index in [1.54, 1.807) is 19.1 Å². The molecule has 24 heavy (non-hydrogen) atoms. The molecule has 0 spiro atoms. The highest BCUT2D eigenvalue weighted by molar-refractivity contribution is 6.12. The van der Waals surface area contributed by atoms with Crippen molar-refractivity contribution in [1.29, 1.82) is 0 Å². The summed E-state index contributed by atoms with van der Waals surface area (Å²) in [5, 5.41) is 7.41. The van der Waals surface area contributed by atoms with E-state index in [0.29, 0.717) is 39.8 Å². The highest BCUT2D eigenvalue weighted by atomic mass is 35.5. The van der Waals surface area contributed by atoms with Crippen LogP contribution in [0.4, 0.5) is 11.5 Å². The van der Waals surface area contributed by atoms with Crippen LogP contribution >= 0.6 is 12.4 Å². The van der Waals surface area contributed by atoms with Crippen molar-refractivity contribution in [2.24, 2.45) is 0 Å². The normalized spacial score (nSPS) is 13.5. The molecule has 1 aliphatic carbocycles. The Labute approximate surface area is 144 Å². The zero-order valence-corrected chi connectivity index (χ0v) is 13.8. The van der Waals surface area contributed by atoms with Crippen LogP contribution in [-0.2, 0) is 0 Å². The lowest BCUT2D eigenvalue weighted by molar-refractivity contribution is 0.102. The van der Waals surface area contributed by atoms with Crippen molar-refractivity contribution >= 4 is 40.9 Å². The Hall–Kier alpha value is -2.67. The maximum atomic E-state index is 12.7. The Balaban J connectivity index is 0.00000169. The first kappa shape index (κ1) is 16.2. The van der Waals surface area contributed by atoms with E-state index in [0.717, 1.165) is 18.5 Å². The number of aromatic nitrogens is 3. The van der Waals surface area contributed by atoms with Crippen molar-refractivity contribution in [3.05, 3.63) is 41.3 Å². The molecule has 1 amide bonds. The molecular formula is C16H16ClN5O2. The zero-order valence-electron chi connectivity index (χ0n) is 12.9. The fourth-order valence-electron chi connectivity index (χ4n) is 2.56. The summed E-state index contributed by atoms with van der Waals surface area (Å²) in [6.07, 6.45) is 3.71. The van der Waals surface area contributed by atoms with Crippen LogP contribution in [-0.4, -0.2) is 21.0 Å². The van der Waals surface area contributed by atoms with Gasteiger partial charge in [-0.3, -0.25) is 4.79 Å². The Kier molecular flexibility index (Phi) is 4.11. The molecule has 3 aromatic rings. The zero-order chi connectivity index (χ0) is 16.0. The number of fused-ring (bicyclic) bond motifs is 1. The van der Waals surface area contributed by atoms with Crippen LogP contribution in [0.1, 0.15) is 40.5 Å². The van der Waals surface area contributed by atoms with Gasteiger partial charge in [-0.25, -0.2) is 9.97 Å². The highest BCUT2D eigenvalue weighted by Gasteiger charge is 2.28. The summed E-state index contributed by atoms with van der Waals surface area (Å²) in [7, 11) is 0. The molecule has 0 aliphatic heterocycles. The Bertz CT molecular complexity index is 903. The van der Waals surface area contributed by atoms with Gasteiger partial charge >= 0.3 is 0 Å². The van der Waals surface area contributed by atoms with Crippen LogP contribution in [0.3, 0.4) is 0 Å². The number of nitrogens with one attached hydrogen (secondary N) is 1. The molecule has 1 fully saturated rings. The topological polar surface area (TPSA) is 107 Å². The number of carbonyl (C=O) groups is 1. The summed E-state index contributed by atoms with van der Waals surface area (Å²) in [5.74, 6) is 0.576. The fourth-order valence-corrected chi connectivity index (χ4v) is 2.56. The Morgan fingerprint density at radius 3 is 2.83 bits per heavy atom. The molecule has 3 heterocycles. The largest absolute Gasteiger partial charge is 0.384 e. The summed E-state index contributed by atoms with van der Waals surface area (Å²) in [4.78, 5) is 21.1. The third-order valence-electron chi connectivity index (χ3n) is 3.92. The van der Waals surface area contributed by atoms with E-state index in [-0.39, 0.29) is 18.3 Å². The van der Waals surface area contributed by atoms with Gasteiger partial charge < -0.3 is 15.6 Å². The van der Waals surface area contributed by atoms with Crippen molar-refractivity contribution in [3.8, 4) is 0 Å². The number of amides is 1. The number of halogens is 1. The number of nitrogens with two attached hydrogens (primary N) is 1. The third kappa shape index (κ3) is 2.90. The van der Waals surface area contributed by atoms with Crippen molar-refractivity contribution in [2.45, 2.75) is 25.7 Å². The molecule has 4 rings (SSSR count). The minimum atomic E-state index is -0.239. The van der Waals surface area contributed by atoms with Crippen LogP contribution in [0.15, 0.2) is 28.9 Å². The maximum absolute atomic E-state index is 12.7. The van der Waals surface area contributed by atoms with Gasteiger partial charge in [0.05, 0.1) is 28.5 Å². The number of pyridine rings is 2. The van der Waals surface area contributed by atoms with E-state index in [9.17, 15) is 4.79 Å². The second-order valence-electron chi connectivity index (χ2n) is 5.74. The first-order valence-corrected chi connectivity index (χ1v) is 7.41. The fraction of sp³-hybridized carbons (Fsp3) is 0.250. The minimum absolute atomic E-state index is 0. The second kappa shape index (κ2) is 6.09. The summed E-state index contributed by atoms with van der Waals surface area (Å²) in [5.41, 5.74) is 8.60. The van der Waals surface area contributed by atoms with Crippen LogP contribution in [0.25, 0.3) is 11.1 Å². The quantitative estimate of drug-likeness (QED) is 0.755. The molecular weight excluding hydrogens is 330 g/mol. The van der Waals surface area contributed by atoms with Gasteiger partial charge in [0.25, 0.3) is 11.6 Å². The summed E-state index contributed by atoms with van der Waals surface area (Å²) < 4.78 is 5.25. The number of nitrogen functional groups attached to an aromatic ring is 1. The standard InChI is InChI=1S/C16H15N5O2.ClH/c1-8-14-11(15(22)19-10-4-5-13(17)18-7-10)6-12(9-2-3-9)20-16(14)23-21-8;/h4-7,9H,2-3H2,1H3,(H2,17,18)(H,19,22);1H. The summed E-state index contributed by atoms with van der Waals surface area (Å²) in [6, 6.07) is 5.18. The maximum Gasteiger partial charge on any atom is 0.259 e. The Morgan fingerprint density at radius 2 is 2.17 bits per heavy atom. The SMILES string of the molecule is Cc1noc2nc(C3CC3)cc(C(=O)Nc3ccc(N)nc3)c12.Cl. The summed E-state index contributed by atoms with van der Waals surface area (Å²) >= 11 is 0. The molecule has 0 atom stereocenters. The van der Waals surface area contributed by atoms with E-state index in [2.05, 4.69) is 20.4 Å². The number of carbonyl (C=O) groups excluding carboxylic acids is 1. The van der Waals surface area contributed by atoms with Crippen molar-refractivity contribution in [2.75, 3.05) is 11.1 Å². The molecule has 0 unspecified atom stereocenters. The lowest BCUT2D eigenvalue weighted by Crippen LogP contribution is -2.13. The number of hydrogen-bond donors (Lipinski definition) is 2. The van der Waals surface area contributed by atoms with E-state index in [4.69, 9.17) is 10.3 Å². The minimum Gasteiger partial charge on any atom is -0.384 e. The first-order valence-electron chi connectivity index (χ1n) is 7.41. The molecule has 0 radical (unpaired) electrons. The number of nitrogens with zero attached hydrogens (tertiary/aromatic N) is 3. The van der Waals surface area contributed by atoms with Crippen LogP contribution in [0.5, 0.6) is 0 Å². The number of rotatable bonds is 3. The average Bonchev–Trinajstić information content (AvgIpc) is 3.33. The van der Waals surface area contributed by atoms with Crippen LogP contribution in [0, 0.1) is 6.92 Å². The molecule has 0 saturated heterocycles. The summed E-state index contributed by atoms with van der Waals surface area (Å²) in [6.45, 7) is 1.80. The number of hydrogen-bond acceptors (Lipinski definition) is 6. The van der Waals surface area contributed by atoms with E-state index < -0.39 is 0 Å². The molecule has 124 valence electrons. The first-order chi connectivity index (χ1) is 11.1. The van der Waals surface area contributed by atoms with Crippen molar-refractivity contribution in [3.63, 3.8) is 0 Å². The van der Waals surface area contributed by atoms with Gasteiger partial charge in [-0.15, -0.1) is 12.4 Å². The predicted molar refractivity (Wildman–Crippen MR) is 92.4 cm³/mol. The number of aryl methyl sites for hydroxylation is 1. The van der Waals surface area contributed by atoms with Gasteiger partial charge in [0.15, 0.2) is 0 Å². The number of anilines is 2. The average molecular weight is 346 g/mol. The van der Waals surface area contributed by atoms with Gasteiger partial charge in [0, 0.05) is 11.6 Å². The van der Waals surface area contributed by atoms with Gasteiger partial charge in [-0.1, -0.05) is 5.16 Å². The molecule has 1 aliphatic rings. The smallest absolute Gasteiger partial charge is 0.259 e. The van der Waals surface area contributed by atoms with Gasteiger partial charge in [-0.2, -0.15) is 0 Å². The highest BCUT2D eigenvalue weighted by Crippen LogP contribution is 2.40. The Morgan fingerprint density at radius 1 is 1.38 bits per heavy atom. The van der Waals surface area contributed by atoms with Crippen LogP contribution in [0.2, 0.25) is 0 Å². The molecule has 3 N–H and O–H groups in total.